The van der Waals surface area contributed by atoms with E-state index in [9.17, 15) is 14.7 Å². The zero-order chi connectivity index (χ0) is 16.8. The standard InChI is InChI=1S/C17H22O6/c1-13(2,3)9-8-10-15(5)16(20,14(9,4)11(18)21-8)6-7-17(15,23-7)12(19)22-10/h7-10,20H,6H2,1-5H3/t7-,8?,9?,10?,14?,15?,16?,17+/m1/s1. The Morgan fingerprint density at radius 3 is 2.39 bits per heavy atom. The van der Waals surface area contributed by atoms with Gasteiger partial charge in [0.1, 0.15) is 17.6 Å². The predicted molar refractivity (Wildman–Crippen MR) is 76.1 cm³/mol. The van der Waals surface area contributed by atoms with Gasteiger partial charge in [0.2, 0.25) is 5.60 Å². The first-order valence-corrected chi connectivity index (χ1v) is 8.28. The van der Waals surface area contributed by atoms with Crippen molar-refractivity contribution in [1.29, 1.82) is 0 Å². The van der Waals surface area contributed by atoms with Crippen LogP contribution in [-0.2, 0) is 23.8 Å². The highest BCUT2D eigenvalue weighted by Gasteiger charge is 2.97. The van der Waals surface area contributed by atoms with Crippen LogP contribution in [0.25, 0.3) is 0 Å². The molecule has 0 aromatic rings. The number of ether oxygens (including phenoxy) is 3. The molecule has 23 heavy (non-hydrogen) atoms. The van der Waals surface area contributed by atoms with Crippen LogP contribution in [-0.4, -0.2) is 46.6 Å². The number of aliphatic hydroxyl groups is 1. The lowest BCUT2D eigenvalue weighted by molar-refractivity contribution is -0.244. The van der Waals surface area contributed by atoms with Crippen molar-refractivity contribution in [3.63, 3.8) is 0 Å². The number of carbonyl (C=O) groups excluding carboxylic acids is 2. The third-order valence-electron chi connectivity index (χ3n) is 7.65. The molecule has 126 valence electrons. The molecule has 2 aliphatic carbocycles. The summed E-state index contributed by atoms with van der Waals surface area (Å²) in [5, 5.41) is 11.8. The SMILES string of the molecule is CC(C)(C)C1C2OC(=O)C1(C)C1(O)C[C@H]3O[C@]34C(=O)OC2C14C. The first-order chi connectivity index (χ1) is 10.5. The van der Waals surface area contributed by atoms with Gasteiger partial charge in [0, 0.05) is 12.3 Å². The normalized spacial score (nSPS) is 61.8. The van der Waals surface area contributed by atoms with Crippen LogP contribution in [0.15, 0.2) is 0 Å². The molecule has 0 amide bonds. The number of hydrogen-bond acceptors (Lipinski definition) is 6. The minimum Gasteiger partial charge on any atom is -0.458 e. The van der Waals surface area contributed by atoms with Crippen molar-refractivity contribution in [1.82, 2.24) is 0 Å². The molecule has 6 nitrogen and oxygen atoms in total. The van der Waals surface area contributed by atoms with Gasteiger partial charge in [-0.3, -0.25) is 4.79 Å². The Balaban J connectivity index is 1.81. The summed E-state index contributed by atoms with van der Waals surface area (Å²) in [6.07, 6.45) is -1.28. The molecule has 8 atom stereocenters. The van der Waals surface area contributed by atoms with E-state index in [4.69, 9.17) is 14.2 Å². The minimum atomic E-state index is -1.37. The first kappa shape index (κ1) is 14.2. The topological polar surface area (TPSA) is 85.4 Å². The van der Waals surface area contributed by atoms with Gasteiger partial charge in [-0.1, -0.05) is 20.8 Å². The van der Waals surface area contributed by atoms with Gasteiger partial charge in [0.25, 0.3) is 0 Å². The second kappa shape index (κ2) is 3.18. The largest absolute Gasteiger partial charge is 0.458 e. The fourth-order valence-electron chi connectivity index (χ4n) is 6.72. The van der Waals surface area contributed by atoms with Crippen molar-refractivity contribution < 1.29 is 28.9 Å². The molecule has 3 heterocycles. The van der Waals surface area contributed by atoms with Crippen LogP contribution in [0.3, 0.4) is 0 Å². The summed E-state index contributed by atoms with van der Waals surface area (Å²) in [4.78, 5) is 25.4. The highest BCUT2D eigenvalue weighted by molar-refractivity contribution is 5.92. The lowest BCUT2D eigenvalue weighted by Crippen LogP contribution is -2.72. The second-order valence-corrected chi connectivity index (χ2v) is 9.35. The first-order valence-electron chi connectivity index (χ1n) is 8.28. The lowest BCUT2D eigenvalue weighted by atomic mass is 9.44. The highest BCUT2D eigenvalue weighted by atomic mass is 16.7. The van der Waals surface area contributed by atoms with Crippen molar-refractivity contribution in [2.75, 3.05) is 0 Å². The molecule has 0 radical (unpaired) electrons. The third kappa shape index (κ3) is 1.01. The van der Waals surface area contributed by atoms with Gasteiger partial charge in [-0.15, -0.1) is 0 Å². The van der Waals surface area contributed by atoms with Crippen molar-refractivity contribution in [3.05, 3.63) is 0 Å². The number of hydrogen-bond donors (Lipinski definition) is 1. The average Bonchev–Trinajstić information content (AvgIpc) is 2.93. The summed E-state index contributed by atoms with van der Waals surface area (Å²) in [6, 6.07) is 0. The molecule has 2 bridgehead atoms. The predicted octanol–water partition coefficient (Wildman–Crippen LogP) is 0.798. The van der Waals surface area contributed by atoms with E-state index in [-0.39, 0.29) is 29.8 Å². The molecule has 0 aromatic heterocycles. The van der Waals surface area contributed by atoms with Gasteiger partial charge in [0.05, 0.1) is 11.0 Å². The Morgan fingerprint density at radius 1 is 1.13 bits per heavy atom. The molecule has 5 rings (SSSR count). The molecule has 6 heteroatoms. The summed E-state index contributed by atoms with van der Waals surface area (Å²) < 4.78 is 17.1. The summed E-state index contributed by atoms with van der Waals surface area (Å²) in [6.45, 7) is 9.75. The summed E-state index contributed by atoms with van der Waals surface area (Å²) in [5.74, 6) is -1.02. The molecule has 1 spiro atoms. The maximum Gasteiger partial charge on any atom is 0.342 e. The van der Waals surface area contributed by atoms with Gasteiger partial charge in [-0.25, -0.2) is 4.79 Å². The average molecular weight is 322 g/mol. The van der Waals surface area contributed by atoms with Crippen molar-refractivity contribution in [2.24, 2.45) is 22.2 Å². The van der Waals surface area contributed by atoms with Crippen LogP contribution in [0.5, 0.6) is 0 Å². The van der Waals surface area contributed by atoms with Gasteiger partial charge < -0.3 is 19.3 Å². The monoisotopic (exact) mass is 322 g/mol. The zero-order valence-electron chi connectivity index (χ0n) is 14.0. The molecule has 5 aliphatic rings. The molecule has 3 aliphatic heterocycles. The van der Waals surface area contributed by atoms with E-state index < -0.39 is 40.2 Å². The van der Waals surface area contributed by atoms with E-state index in [2.05, 4.69) is 0 Å². The van der Waals surface area contributed by atoms with E-state index in [1.54, 1.807) is 6.92 Å². The molecule has 5 fully saturated rings. The van der Waals surface area contributed by atoms with Gasteiger partial charge in [-0.2, -0.15) is 0 Å². The summed E-state index contributed by atoms with van der Waals surface area (Å²) in [5.41, 5.74) is -4.77. The Hall–Kier alpha value is -1.14. The number of fused-ring (bicyclic) bond motifs is 4. The Kier molecular flexibility index (Phi) is 1.97. The molecule has 1 N–H and O–H groups in total. The molecule has 2 saturated carbocycles. The highest BCUT2D eigenvalue weighted by Crippen LogP contribution is 2.80. The number of epoxide rings is 1. The Bertz CT molecular complexity index is 681. The van der Waals surface area contributed by atoms with Crippen molar-refractivity contribution in [3.8, 4) is 0 Å². The molecular weight excluding hydrogens is 300 g/mol. The maximum absolute atomic E-state index is 12.8. The van der Waals surface area contributed by atoms with Gasteiger partial charge in [-0.05, 0) is 19.3 Å². The lowest BCUT2D eigenvalue weighted by Gasteiger charge is -2.58. The van der Waals surface area contributed by atoms with Crippen LogP contribution in [0, 0.1) is 22.2 Å². The Labute approximate surface area is 134 Å². The maximum atomic E-state index is 12.8. The van der Waals surface area contributed by atoms with E-state index in [1.807, 2.05) is 27.7 Å². The van der Waals surface area contributed by atoms with Crippen LogP contribution >= 0.6 is 0 Å². The van der Waals surface area contributed by atoms with E-state index in [0.29, 0.717) is 0 Å². The summed E-state index contributed by atoms with van der Waals surface area (Å²) >= 11 is 0. The molecule has 0 aromatic carbocycles. The second-order valence-electron chi connectivity index (χ2n) is 9.35. The zero-order valence-corrected chi connectivity index (χ0v) is 14.0. The minimum absolute atomic E-state index is 0.231. The fraction of sp³-hybridized carbons (Fsp3) is 0.882. The number of carbonyl (C=O) groups is 2. The van der Waals surface area contributed by atoms with E-state index >= 15 is 0 Å². The molecule has 3 saturated heterocycles. The van der Waals surface area contributed by atoms with Crippen molar-refractivity contribution >= 4 is 11.9 Å². The van der Waals surface area contributed by atoms with E-state index in [1.165, 1.54) is 0 Å². The Morgan fingerprint density at radius 2 is 1.78 bits per heavy atom. The van der Waals surface area contributed by atoms with Crippen molar-refractivity contribution in [2.45, 2.75) is 70.6 Å². The number of rotatable bonds is 0. The van der Waals surface area contributed by atoms with Crippen LogP contribution in [0.2, 0.25) is 0 Å². The van der Waals surface area contributed by atoms with Crippen LogP contribution < -0.4 is 0 Å². The van der Waals surface area contributed by atoms with E-state index in [0.717, 1.165) is 0 Å². The van der Waals surface area contributed by atoms with Crippen LogP contribution in [0.4, 0.5) is 0 Å². The third-order valence-corrected chi connectivity index (χ3v) is 7.65. The van der Waals surface area contributed by atoms with Crippen LogP contribution in [0.1, 0.15) is 41.0 Å². The smallest absolute Gasteiger partial charge is 0.342 e. The number of esters is 2. The molecule has 6 unspecified atom stereocenters. The van der Waals surface area contributed by atoms with Gasteiger partial charge in [0.15, 0.2) is 6.10 Å². The quantitative estimate of drug-likeness (QED) is 0.524. The molecular formula is C17H22O6. The van der Waals surface area contributed by atoms with Gasteiger partial charge >= 0.3 is 11.9 Å². The fourth-order valence-corrected chi connectivity index (χ4v) is 6.72. The summed E-state index contributed by atoms with van der Waals surface area (Å²) in [7, 11) is 0.